The summed E-state index contributed by atoms with van der Waals surface area (Å²) in [6.07, 6.45) is 4.15. The van der Waals surface area contributed by atoms with Crippen molar-refractivity contribution >= 4 is 0 Å². The molecule has 1 rings (SSSR count). The van der Waals surface area contributed by atoms with Crippen LogP contribution in [0.2, 0.25) is 0 Å². The van der Waals surface area contributed by atoms with E-state index in [1.165, 1.54) is 25.8 Å². The second-order valence-electron chi connectivity index (χ2n) is 3.08. The molecule has 0 aromatic heterocycles. The van der Waals surface area contributed by atoms with Crippen LogP contribution >= 0.6 is 0 Å². The van der Waals surface area contributed by atoms with Crippen LogP contribution in [0.4, 0.5) is 0 Å². The predicted octanol–water partition coefficient (Wildman–Crippen LogP) is 1.78. The number of hydrogen-bond acceptors (Lipinski definition) is 1. The average molecular weight is 127 g/mol. The first kappa shape index (κ1) is 7.07. The van der Waals surface area contributed by atoms with E-state index in [1.807, 2.05) is 0 Å². The van der Waals surface area contributed by atoms with Gasteiger partial charge in [-0.25, -0.2) is 0 Å². The molecule has 1 aliphatic heterocycles. The van der Waals surface area contributed by atoms with E-state index >= 15 is 0 Å². The van der Waals surface area contributed by atoms with Crippen molar-refractivity contribution in [1.29, 1.82) is 0 Å². The van der Waals surface area contributed by atoms with E-state index in [2.05, 4.69) is 19.2 Å². The molecule has 0 amide bonds. The van der Waals surface area contributed by atoms with Gasteiger partial charge in [0.15, 0.2) is 0 Å². The van der Waals surface area contributed by atoms with Crippen molar-refractivity contribution in [3.63, 3.8) is 0 Å². The Kier molecular flexibility index (Phi) is 2.52. The fourth-order valence-electron chi connectivity index (χ4n) is 1.68. The van der Waals surface area contributed by atoms with E-state index in [1.54, 1.807) is 0 Å². The summed E-state index contributed by atoms with van der Waals surface area (Å²) in [4.78, 5) is 0. The van der Waals surface area contributed by atoms with Crippen molar-refractivity contribution in [2.24, 2.45) is 5.92 Å². The molecule has 54 valence electrons. The van der Waals surface area contributed by atoms with Crippen molar-refractivity contribution in [2.45, 2.75) is 39.2 Å². The third-order valence-corrected chi connectivity index (χ3v) is 2.35. The maximum atomic E-state index is 3.45. The summed E-state index contributed by atoms with van der Waals surface area (Å²) in [6.45, 7) is 5.81. The Morgan fingerprint density at radius 1 is 1.56 bits per heavy atom. The molecule has 1 nitrogen and oxygen atoms in total. The summed E-state index contributed by atoms with van der Waals surface area (Å²) in [7, 11) is 0. The van der Waals surface area contributed by atoms with Crippen LogP contribution in [0.5, 0.6) is 0 Å². The van der Waals surface area contributed by atoms with Crippen LogP contribution in [0.25, 0.3) is 0 Å². The molecule has 0 spiro atoms. The summed E-state index contributed by atoms with van der Waals surface area (Å²) in [6, 6.07) is 0.782. The molecule has 2 unspecified atom stereocenters. The smallest absolute Gasteiger partial charge is 0.00674 e. The molecule has 9 heavy (non-hydrogen) atoms. The molecule has 1 fully saturated rings. The van der Waals surface area contributed by atoms with Crippen LogP contribution in [0, 0.1) is 5.92 Å². The van der Waals surface area contributed by atoms with Crippen LogP contribution in [-0.2, 0) is 0 Å². The Balaban J connectivity index is 2.22. The molecule has 1 N–H and O–H groups in total. The van der Waals surface area contributed by atoms with Crippen LogP contribution < -0.4 is 5.32 Å². The monoisotopic (exact) mass is 127 g/mol. The molecular formula is C8H17N. The molecule has 0 radical (unpaired) electrons. The van der Waals surface area contributed by atoms with Gasteiger partial charge in [-0.2, -0.15) is 0 Å². The van der Waals surface area contributed by atoms with Crippen molar-refractivity contribution in [2.75, 3.05) is 6.54 Å². The molecular weight excluding hydrogens is 110 g/mol. The van der Waals surface area contributed by atoms with Gasteiger partial charge in [0.05, 0.1) is 0 Å². The van der Waals surface area contributed by atoms with E-state index in [0.717, 1.165) is 12.0 Å². The quantitative estimate of drug-likeness (QED) is 0.596. The minimum absolute atomic E-state index is 0.782. The minimum atomic E-state index is 0.782. The lowest BCUT2D eigenvalue weighted by Crippen LogP contribution is -2.22. The summed E-state index contributed by atoms with van der Waals surface area (Å²) >= 11 is 0. The Labute approximate surface area is 57.8 Å². The molecule has 2 atom stereocenters. The first-order valence-corrected chi connectivity index (χ1v) is 4.08. The largest absolute Gasteiger partial charge is 0.314 e. The van der Waals surface area contributed by atoms with Crippen molar-refractivity contribution in [1.82, 2.24) is 5.32 Å². The zero-order chi connectivity index (χ0) is 6.69. The van der Waals surface area contributed by atoms with Crippen LogP contribution in [-0.4, -0.2) is 12.6 Å². The number of rotatable bonds is 2. The highest BCUT2D eigenvalue weighted by molar-refractivity contribution is 4.79. The minimum Gasteiger partial charge on any atom is -0.314 e. The van der Waals surface area contributed by atoms with Crippen molar-refractivity contribution < 1.29 is 0 Å². The second-order valence-corrected chi connectivity index (χ2v) is 3.08. The molecule has 0 aliphatic carbocycles. The molecule has 0 bridgehead atoms. The molecule has 0 aromatic carbocycles. The molecule has 1 heterocycles. The van der Waals surface area contributed by atoms with Crippen LogP contribution in [0.3, 0.4) is 0 Å². The first-order valence-electron chi connectivity index (χ1n) is 4.08. The van der Waals surface area contributed by atoms with Gasteiger partial charge in [0, 0.05) is 6.04 Å². The Bertz CT molecular complexity index is 80.6. The highest BCUT2D eigenvalue weighted by Gasteiger charge is 2.20. The van der Waals surface area contributed by atoms with E-state index in [9.17, 15) is 0 Å². The summed E-state index contributed by atoms with van der Waals surface area (Å²) in [5.74, 6) is 0.968. The fraction of sp³-hybridized carbons (Fsp3) is 1.00. The number of nitrogens with one attached hydrogen (secondary N) is 1. The highest BCUT2D eigenvalue weighted by Crippen LogP contribution is 2.19. The summed E-state index contributed by atoms with van der Waals surface area (Å²) in [5, 5.41) is 3.45. The Morgan fingerprint density at radius 3 is 2.78 bits per heavy atom. The van der Waals surface area contributed by atoms with Crippen molar-refractivity contribution in [3.05, 3.63) is 0 Å². The lowest BCUT2D eigenvalue weighted by atomic mass is 9.97. The normalized spacial score (nSPS) is 35.3. The Morgan fingerprint density at radius 2 is 2.33 bits per heavy atom. The zero-order valence-electron chi connectivity index (χ0n) is 6.48. The van der Waals surface area contributed by atoms with Gasteiger partial charge in [0.25, 0.3) is 0 Å². The van der Waals surface area contributed by atoms with Gasteiger partial charge in [0.1, 0.15) is 0 Å². The number of hydrogen-bond donors (Lipinski definition) is 1. The third kappa shape index (κ3) is 1.68. The van der Waals surface area contributed by atoms with Crippen LogP contribution in [0.1, 0.15) is 33.1 Å². The maximum absolute atomic E-state index is 3.45. The van der Waals surface area contributed by atoms with Gasteiger partial charge in [-0.05, 0) is 32.2 Å². The first-order chi connectivity index (χ1) is 4.34. The van der Waals surface area contributed by atoms with Gasteiger partial charge in [-0.1, -0.05) is 13.3 Å². The molecule has 1 heteroatoms. The standard InChI is InChI=1S/C8H17N/c1-3-4-8-5-6-9-7(8)2/h7-9H,3-6H2,1-2H3. The SMILES string of the molecule is CCCC1CCNC1C. The summed E-state index contributed by atoms with van der Waals surface area (Å²) in [5.41, 5.74) is 0. The molecule has 1 aliphatic rings. The molecule has 1 saturated heterocycles. The average Bonchev–Trinajstić information content (AvgIpc) is 2.18. The van der Waals surface area contributed by atoms with E-state index < -0.39 is 0 Å². The zero-order valence-corrected chi connectivity index (χ0v) is 6.48. The van der Waals surface area contributed by atoms with Crippen molar-refractivity contribution in [3.8, 4) is 0 Å². The van der Waals surface area contributed by atoms with Gasteiger partial charge in [-0.15, -0.1) is 0 Å². The van der Waals surface area contributed by atoms with Gasteiger partial charge < -0.3 is 5.32 Å². The third-order valence-electron chi connectivity index (χ3n) is 2.35. The van der Waals surface area contributed by atoms with Gasteiger partial charge in [0.2, 0.25) is 0 Å². The maximum Gasteiger partial charge on any atom is 0.00674 e. The lowest BCUT2D eigenvalue weighted by molar-refractivity contribution is 0.439. The predicted molar refractivity (Wildman–Crippen MR) is 40.5 cm³/mol. The van der Waals surface area contributed by atoms with Crippen LogP contribution in [0.15, 0.2) is 0 Å². The van der Waals surface area contributed by atoms with E-state index in [0.29, 0.717) is 0 Å². The highest BCUT2D eigenvalue weighted by atomic mass is 14.9. The lowest BCUT2D eigenvalue weighted by Gasteiger charge is -2.12. The van der Waals surface area contributed by atoms with E-state index in [4.69, 9.17) is 0 Å². The van der Waals surface area contributed by atoms with Gasteiger partial charge >= 0.3 is 0 Å². The second kappa shape index (κ2) is 3.21. The topological polar surface area (TPSA) is 12.0 Å². The van der Waals surface area contributed by atoms with E-state index in [-0.39, 0.29) is 0 Å². The molecule has 0 aromatic rings. The van der Waals surface area contributed by atoms with Gasteiger partial charge in [-0.3, -0.25) is 0 Å². The Hall–Kier alpha value is -0.0400. The summed E-state index contributed by atoms with van der Waals surface area (Å²) < 4.78 is 0. The molecule has 0 saturated carbocycles. The fourth-order valence-corrected chi connectivity index (χ4v) is 1.68.